The smallest absolute Gasteiger partial charge is 0.193 e. The summed E-state index contributed by atoms with van der Waals surface area (Å²) in [5.74, 6) is 1.93. The van der Waals surface area contributed by atoms with Gasteiger partial charge in [0.15, 0.2) is 5.96 Å². The minimum atomic E-state index is 0.629. The normalized spacial score (nSPS) is 11.2. The van der Waals surface area contributed by atoms with Crippen LogP contribution in [-0.2, 0) is 6.54 Å². The van der Waals surface area contributed by atoms with E-state index >= 15 is 0 Å². The summed E-state index contributed by atoms with van der Waals surface area (Å²) in [7, 11) is 6.12. The molecular formula is C19H33N5. The molecular weight excluding hydrogens is 298 g/mol. The summed E-state index contributed by atoms with van der Waals surface area (Å²) in [5.41, 5.74) is 1.14. The van der Waals surface area contributed by atoms with E-state index in [2.05, 4.69) is 41.8 Å². The zero-order chi connectivity index (χ0) is 17.8. The Balaban J connectivity index is 2.66. The topological polar surface area (TPSA) is 43.8 Å². The number of aromatic nitrogens is 1. The third-order valence-electron chi connectivity index (χ3n) is 3.79. The first-order chi connectivity index (χ1) is 11.6. The number of hydrogen-bond donors (Lipinski definition) is 1. The highest BCUT2D eigenvalue weighted by molar-refractivity contribution is 5.79. The molecule has 1 aromatic rings. The minimum Gasteiger partial charge on any atom is -0.362 e. The molecule has 0 saturated heterocycles. The maximum Gasteiger partial charge on any atom is 0.193 e. The van der Waals surface area contributed by atoms with Crippen molar-refractivity contribution in [3.05, 3.63) is 36.5 Å². The van der Waals surface area contributed by atoms with Crippen molar-refractivity contribution in [2.45, 2.75) is 39.2 Å². The molecule has 0 fully saturated rings. The molecule has 0 aliphatic rings. The van der Waals surface area contributed by atoms with Gasteiger partial charge < -0.3 is 15.1 Å². The lowest BCUT2D eigenvalue weighted by Gasteiger charge is -2.22. The molecule has 0 radical (unpaired) electrons. The number of nitrogens with one attached hydrogen (secondary N) is 1. The van der Waals surface area contributed by atoms with E-state index in [4.69, 9.17) is 4.99 Å². The number of unbranched alkanes of at least 4 members (excludes halogenated alkanes) is 3. The molecule has 1 heterocycles. The van der Waals surface area contributed by atoms with Crippen LogP contribution in [0.25, 0.3) is 0 Å². The summed E-state index contributed by atoms with van der Waals surface area (Å²) >= 11 is 0. The second kappa shape index (κ2) is 11.5. The minimum absolute atomic E-state index is 0.629. The molecule has 5 nitrogen and oxygen atoms in total. The highest BCUT2D eigenvalue weighted by Crippen LogP contribution is 2.15. The number of anilines is 1. The van der Waals surface area contributed by atoms with Gasteiger partial charge in [0.05, 0.1) is 6.54 Å². The van der Waals surface area contributed by atoms with Crippen molar-refractivity contribution in [3.8, 4) is 0 Å². The van der Waals surface area contributed by atoms with E-state index in [0.29, 0.717) is 6.54 Å². The van der Waals surface area contributed by atoms with Crippen molar-refractivity contribution in [2.24, 2.45) is 4.99 Å². The molecule has 0 aliphatic carbocycles. The fraction of sp³-hybridized carbons (Fsp3) is 0.579. The number of hydrogen-bond acceptors (Lipinski definition) is 3. The van der Waals surface area contributed by atoms with Gasteiger partial charge in [0.1, 0.15) is 5.82 Å². The Morgan fingerprint density at radius 1 is 1.29 bits per heavy atom. The monoisotopic (exact) mass is 331 g/mol. The van der Waals surface area contributed by atoms with Gasteiger partial charge in [-0.3, -0.25) is 0 Å². The average molecular weight is 332 g/mol. The molecule has 0 unspecified atom stereocenters. The summed E-state index contributed by atoms with van der Waals surface area (Å²) in [6, 6.07) is 4.05. The highest BCUT2D eigenvalue weighted by Gasteiger charge is 2.08. The number of rotatable bonds is 10. The Morgan fingerprint density at radius 3 is 2.75 bits per heavy atom. The van der Waals surface area contributed by atoms with Crippen LogP contribution in [0.15, 0.2) is 36.0 Å². The van der Waals surface area contributed by atoms with Crippen LogP contribution in [0.2, 0.25) is 0 Å². The Hall–Kier alpha value is -2.04. The third kappa shape index (κ3) is 7.02. The van der Waals surface area contributed by atoms with Gasteiger partial charge in [-0.1, -0.05) is 18.6 Å². The Labute approximate surface area is 147 Å². The van der Waals surface area contributed by atoms with E-state index in [-0.39, 0.29) is 0 Å². The second-order valence-electron chi connectivity index (χ2n) is 6.11. The van der Waals surface area contributed by atoms with Crippen LogP contribution in [-0.4, -0.2) is 50.1 Å². The average Bonchev–Trinajstić information content (AvgIpc) is 2.58. The largest absolute Gasteiger partial charge is 0.362 e. The van der Waals surface area contributed by atoms with Crippen LogP contribution >= 0.6 is 0 Å². The molecule has 0 saturated carbocycles. The standard InChI is InChI=1S/C19H33N5/c1-6-8-9-10-11-15-24(5)19(20-7-2)22-16-17-13-12-14-21-18(17)23(3)4/h6,12-14H,1,7-11,15-16H2,2-5H3,(H,20,22). The van der Waals surface area contributed by atoms with Gasteiger partial charge in [-0.2, -0.15) is 0 Å². The highest BCUT2D eigenvalue weighted by atomic mass is 15.3. The number of nitrogens with zero attached hydrogens (tertiary/aromatic N) is 4. The summed E-state index contributed by atoms with van der Waals surface area (Å²) in [4.78, 5) is 13.5. The lowest BCUT2D eigenvalue weighted by molar-refractivity contribution is 0.455. The molecule has 0 spiro atoms. The van der Waals surface area contributed by atoms with E-state index in [1.807, 2.05) is 37.3 Å². The fourth-order valence-corrected chi connectivity index (χ4v) is 2.51. The Bertz CT molecular complexity index is 510. The quantitative estimate of drug-likeness (QED) is 0.309. The lowest BCUT2D eigenvalue weighted by Crippen LogP contribution is -2.39. The number of aliphatic imine (C=N–C) groups is 1. The third-order valence-corrected chi connectivity index (χ3v) is 3.79. The van der Waals surface area contributed by atoms with Crippen molar-refractivity contribution in [1.29, 1.82) is 0 Å². The number of pyridine rings is 1. The van der Waals surface area contributed by atoms with Crippen molar-refractivity contribution in [1.82, 2.24) is 15.2 Å². The molecule has 134 valence electrons. The summed E-state index contributed by atoms with van der Waals surface area (Å²) in [6.45, 7) is 8.38. The SMILES string of the molecule is C=CCCCCCN(C)C(=NCc1cccnc1N(C)C)NCC. The van der Waals surface area contributed by atoms with Gasteiger partial charge >= 0.3 is 0 Å². The van der Waals surface area contributed by atoms with Gasteiger partial charge in [-0.15, -0.1) is 6.58 Å². The lowest BCUT2D eigenvalue weighted by atomic mass is 10.2. The van der Waals surface area contributed by atoms with Gasteiger partial charge in [-0.25, -0.2) is 9.98 Å². The Morgan fingerprint density at radius 2 is 2.08 bits per heavy atom. The van der Waals surface area contributed by atoms with Crippen LogP contribution in [0.3, 0.4) is 0 Å². The van der Waals surface area contributed by atoms with E-state index in [1.165, 1.54) is 19.3 Å². The van der Waals surface area contributed by atoms with Crippen molar-refractivity contribution in [3.63, 3.8) is 0 Å². The molecule has 5 heteroatoms. The molecule has 0 amide bonds. The molecule has 0 atom stereocenters. The van der Waals surface area contributed by atoms with E-state index in [0.717, 1.165) is 36.9 Å². The maximum atomic E-state index is 4.79. The molecule has 1 N–H and O–H groups in total. The first-order valence-electron chi connectivity index (χ1n) is 8.81. The number of allylic oxidation sites excluding steroid dienone is 1. The molecule has 0 aromatic carbocycles. The summed E-state index contributed by atoms with van der Waals surface area (Å²) in [6.07, 6.45) is 8.53. The molecule has 24 heavy (non-hydrogen) atoms. The van der Waals surface area contributed by atoms with Crippen LogP contribution in [0.4, 0.5) is 5.82 Å². The summed E-state index contributed by atoms with van der Waals surface area (Å²) in [5, 5.41) is 3.38. The van der Waals surface area contributed by atoms with Crippen LogP contribution in [0, 0.1) is 0 Å². The van der Waals surface area contributed by atoms with E-state index in [1.54, 1.807) is 0 Å². The first kappa shape index (κ1) is 20.0. The van der Waals surface area contributed by atoms with Crippen LogP contribution in [0.5, 0.6) is 0 Å². The first-order valence-corrected chi connectivity index (χ1v) is 8.81. The van der Waals surface area contributed by atoms with Gasteiger partial charge in [0, 0.05) is 46.0 Å². The second-order valence-corrected chi connectivity index (χ2v) is 6.11. The van der Waals surface area contributed by atoms with Crippen molar-refractivity contribution >= 4 is 11.8 Å². The van der Waals surface area contributed by atoms with Crippen LogP contribution < -0.4 is 10.2 Å². The number of guanidine groups is 1. The van der Waals surface area contributed by atoms with Gasteiger partial charge in [-0.05, 0) is 32.3 Å². The Kier molecular flexibility index (Phi) is 9.58. The zero-order valence-electron chi connectivity index (χ0n) is 15.8. The molecule has 1 rings (SSSR count). The molecule has 0 aliphatic heterocycles. The van der Waals surface area contributed by atoms with Crippen LogP contribution in [0.1, 0.15) is 38.2 Å². The predicted molar refractivity (Wildman–Crippen MR) is 105 cm³/mol. The van der Waals surface area contributed by atoms with E-state index in [9.17, 15) is 0 Å². The van der Waals surface area contributed by atoms with Crippen molar-refractivity contribution in [2.75, 3.05) is 39.1 Å². The maximum absolute atomic E-state index is 4.79. The zero-order valence-corrected chi connectivity index (χ0v) is 15.8. The molecule has 0 bridgehead atoms. The predicted octanol–water partition coefficient (Wildman–Crippen LogP) is 3.29. The summed E-state index contributed by atoms with van der Waals surface area (Å²) < 4.78 is 0. The molecule has 1 aromatic heterocycles. The van der Waals surface area contributed by atoms with E-state index < -0.39 is 0 Å². The fourth-order valence-electron chi connectivity index (χ4n) is 2.51. The van der Waals surface area contributed by atoms with Gasteiger partial charge in [0.2, 0.25) is 0 Å². The van der Waals surface area contributed by atoms with Crippen molar-refractivity contribution < 1.29 is 0 Å². The van der Waals surface area contributed by atoms with Gasteiger partial charge in [0.25, 0.3) is 0 Å².